The average Bonchev–Trinajstić information content (AvgIpc) is 3.54. The highest BCUT2D eigenvalue weighted by atomic mass is 32.2. The van der Waals surface area contributed by atoms with E-state index in [-0.39, 0.29) is 11.9 Å². The van der Waals surface area contributed by atoms with Crippen LogP contribution >= 0.6 is 0 Å². The van der Waals surface area contributed by atoms with Crippen LogP contribution in [-0.4, -0.2) is 73.3 Å². The number of carbonyl (C=O) groups excluding carboxylic acids is 1. The maximum absolute atomic E-state index is 13.2. The topological polar surface area (TPSA) is 81.1 Å². The second kappa shape index (κ2) is 7.88. The molecule has 0 saturated carbocycles. The van der Waals surface area contributed by atoms with Crippen molar-refractivity contribution in [1.82, 2.24) is 13.8 Å². The summed E-state index contributed by atoms with van der Waals surface area (Å²) in [7, 11) is -3.46. The quantitative estimate of drug-likeness (QED) is 0.719. The summed E-state index contributed by atoms with van der Waals surface area (Å²) in [5, 5.41) is 0.824. The third-order valence-corrected chi connectivity index (χ3v) is 8.71. The zero-order valence-electron chi connectivity index (χ0n) is 17.8. The number of carbonyl (C=O) groups is 1. The summed E-state index contributed by atoms with van der Waals surface area (Å²) in [4.78, 5) is 15.4. The molecular weight excluding hydrogens is 418 g/mol. The number of fused-ring (bicyclic) bond motifs is 1. The zero-order valence-corrected chi connectivity index (χ0v) is 18.6. The molecule has 1 atom stereocenters. The van der Waals surface area contributed by atoms with Crippen molar-refractivity contribution in [1.29, 1.82) is 0 Å². The van der Waals surface area contributed by atoms with Crippen molar-refractivity contribution in [2.75, 3.05) is 39.4 Å². The molecule has 3 aliphatic heterocycles. The minimum atomic E-state index is -3.46. The molecule has 0 bridgehead atoms. The van der Waals surface area contributed by atoms with Crippen LogP contribution in [0.25, 0.3) is 10.9 Å². The van der Waals surface area contributed by atoms with Gasteiger partial charge >= 0.3 is 0 Å². The van der Waals surface area contributed by atoms with Gasteiger partial charge in [-0.25, -0.2) is 8.42 Å². The Kier molecular flexibility index (Phi) is 5.32. The molecule has 3 saturated heterocycles. The molecule has 0 N–H and O–H groups in total. The molecule has 0 radical (unpaired) electrons. The van der Waals surface area contributed by atoms with Crippen LogP contribution in [0.2, 0.25) is 0 Å². The van der Waals surface area contributed by atoms with Crippen molar-refractivity contribution in [2.45, 2.75) is 49.3 Å². The first-order valence-corrected chi connectivity index (χ1v) is 12.5. The molecule has 1 aromatic heterocycles. The van der Waals surface area contributed by atoms with E-state index >= 15 is 0 Å². The number of ether oxygens (including phenoxy) is 2. The number of sulfonamides is 1. The molecule has 8 nitrogen and oxygen atoms in total. The van der Waals surface area contributed by atoms with E-state index in [0.717, 1.165) is 23.7 Å². The Hall–Kier alpha value is -1.94. The lowest BCUT2D eigenvalue weighted by atomic mass is 10.0. The molecule has 0 unspecified atom stereocenters. The average molecular weight is 448 g/mol. The number of hydrogen-bond donors (Lipinski definition) is 0. The third kappa shape index (κ3) is 3.67. The summed E-state index contributed by atoms with van der Waals surface area (Å²) in [6.45, 7) is 5.52. The molecule has 1 aromatic carbocycles. The summed E-state index contributed by atoms with van der Waals surface area (Å²) in [5.41, 5.74) is 0.858. The van der Waals surface area contributed by atoms with Crippen LogP contribution in [0.3, 0.4) is 0 Å². The smallest absolute Gasteiger partial charge is 0.245 e. The molecule has 9 heteroatoms. The number of hydrogen-bond acceptors (Lipinski definition) is 5. The molecule has 0 aliphatic carbocycles. The van der Waals surface area contributed by atoms with Crippen molar-refractivity contribution in [3.05, 3.63) is 30.5 Å². The number of piperidine rings is 1. The van der Waals surface area contributed by atoms with Crippen molar-refractivity contribution >= 4 is 26.8 Å². The van der Waals surface area contributed by atoms with E-state index in [1.165, 1.54) is 0 Å². The SMILES string of the molecule is C[C@@H](C(=O)N1CCC2(CC1)OCCO2)n1ccc2cc(S(=O)(=O)N3CCCC3)ccc21. The molecule has 168 valence electrons. The molecule has 5 rings (SSSR count). The Labute approximate surface area is 182 Å². The molecule has 3 fully saturated rings. The van der Waals surface area contributed by atoms with Gasteiger partial charge in [0, 0.05) is 56.1 Å². The van der Waals surface area contributed by atoms with Crippen molar-refractivity contribution < 1.29 is 22.7 Å². The normalized spacial score (nSPS) is 23.1. The van der Waals surface area contributed by atoms with Gasteiger partial charge in [0.05, 0.1) is 18.1 Å². The molecule has 1 spiro atoms. The minimum Gasteiger partial charge on any atom is -0.347 e. The Morgan fingerprint density at radius 1 is 1.03 bits per heavy atom. The number of amides is 1. The van der Waals surface area contributed by atoms with Gasteiger partial charge in [0.1, 0.15) is 6.04 Å². The van der Waals surface area contributed by atoms with E-state index in [9.17, 15) is 13.2 Å². The highest BCUT2D eigenvalue weighted by Crippen LogP contribution is 2.33. The molecule has 31 heavy (non-hydrogen) atoms. The first kappa shape index (κ1) is 20.9. The molecule has 3 aliphatic rings. The summed E-state index contributed by atoms with van der Waals surface area (Å²) >= 11 is 0. The number of likely N-dealkylation sites (tertiary alicyclic amines) is 1. The van der Waals surface area contributed by atoms with Crippen molar-refractivity contribution in [3.8, 4) is 0 Å². The van der Waals surface area contributed by atoms with E-state index in [2.05, 4.69) is 0 Å². The summed E-state index contributed by atoms with van der Waals surface area (Å²) in [5.74, 6) is -0.448. The van der Waals surface area contributed by atoms with Gasteiger partial charge in [-0.15, -0.1) is 0 Å². The molecule has 2 aromatic rings. The van der Waals surface area contributed by atoms with E-state index < -0.39 is 15.8 Å². The molecule has 1 amide bonds. The van der Waals surface area contributed by atoms with Gasteiger partial charge in [-0.3, -0.25) is 4.79 Å². The van der Waals surface area contributed by atoms with Crippen LogP contribution in [0.1, 0.15) is 38.6 Å². The van der Waals surface area contributed by atoms with Crippen LogP contribution in [0, 0.1) is 0 Å². The zero-order chi connectivity index (χ0) is 21.6. The number of aromatic nitrogens is 1. The van der Waals surface area contributed by atoms with E-state index in [4.69, 9.17) is 9.47 Å². The summed E-state index contributed by atoms with van der Waals surface area (Å²) in [6.07, 6.45) is 5.07. The summed E-state index contributed by atoms with van der Waals surface area (Å²) in [6, 6.07) is 6.69. The fraction of sp³-hybridized carbons (Fsp3) is 0.591. The fourth-order valence-corrected chi connectivity index (χ4v) is 6.51. The lowest BCUT2D eigenvalue weighted by Crippen LogP contribution is -2.48. The highest BCUT2D eigenvalue weighted by Gasteiger charge is 2.41. The van der Waals surface area contributed by atoms with Crippen molar-refractivity contribution in [2.24, 2.45) is 0 Å². The van der Waals surface area contributed by atoms with Gasteiger partial charge < -0.3 is 18.9 Å². The van der Waals surface area contributed by atoms with Crippen LogP contribution < -0.4 is 0 Å². The maximum Gasteiger partial charge on any atom is 0.245 e. The fourth-order valence-electron chi connectivity index (χ4n) is 4.95. The minimum absolute atomic E-state index is 0.0547. The van der Waals surface area contributed by atoms with Gasteiger partial charge in [0.2, 0.25) is 15.9 Å². The van der Waals surface area contributed by atoms with E-state index in [0.29, 0.717) is 57.1 Å². The monoisotopic (exact) mass is 447 g/mol. The molecule has 4 heterocycles. The Morgan fingerprint density at radius 3 is 2.39 bits per heavy atom. The van der Waals surface area contributed by atoms with Crippen molar-refractivity contribution in [3.63, 3.8) is 0 Å². The number of benzene rings is 1. The Morgan fingerprint density at radius 2 is 1.71 bits per heavy atom. The first-order chi connectivity index (χ1) is 14.9. The predicted octanol–water partition coefficient (Wildman–Crippen LogP) is 2.35. The van der Waals surface area contributed by atoms with Gasteiger partial charge in [-0.05, 0) is 44.0 Å². The van der Waals surface area contributed by atoms with Gasteiger partial charge in [0.15, 0.2) is 5.79 Å². The second-order valence-corrected chi connectivity index (χ2v) is 10.6. The van der Waals surface area contributed by atoms with Gasteiger partial charge in [-0.1, -0.05) is 0 Å². The van der Waals surface area contributed by atoms with Gasteiger partial charge in [0.25, 0.3) is 0 Å². The largest absolute Gasteiger partial charge is 0.347 e. The van der Waals surface area contributed by atoms with E-state index in [1.54, 1.807) is 16.4 Å². The second-order valence-electron chi connectivity index (χ2n) is 8.66. The lowest BCUT2D eigenvalue weighted by Gasteiger charge is -2.38. The summed E-state index contributed by atoms with van der Waals surface area (Å²) < 4.78 is 40.8. The predicted molar refractivity (Wildman–Crippen MR) is 115 cm³/mol. The highest BCUT2D eigenvalue weighted by molar-refractivity contribution is 7.89. The van der Waals surface area contributed by atoms with Crippen LogP contribution in [0.4, 0.5) is 0 Å². The van der Waals surface area contributed by atoms with E-state index in [1.807, 2.05) is 34.7 Å². The standard InChI is InChI=1S/C22H29N3O5S/c1-17(21(26)23-12-7-22(8-13-23)29-14-15-30-22)25-11-6-18-16-19(4-5-20(18)25)31(27,28)24-9-2-3-10-24/h4-6,11,16-17H,2-3,7-10,12-15H2,1H3/t17-/m0/s1. The lowest BCUT2D eigenvalue weighted by molar-refractivity contribution is -0.188. The molecular formula is C22H29N3O5S. The Bertz CT molecular complexity index is 1070. The van der Waals surface area contributed by atoms with Crippen LogP contribution in [0.5, 0.6) is 0 Å². The Balaban J connectivity index is 1.33. The third-order valence-electron chi connectivity index (χ3n) is 6.82. The van der Waals surface area contributed by atoms with Gasteiger partial charge in [-0.2, -0.15) is 4.31 Å². The van der Waals surface area contributed by atoms with Crippen LogP contribution in [0.15, 0.2) is 35.4 Å². The number of nitrogens with zero attached hydrogens (tertiary/aromatic N) is 3. The maximum atomic E-state index is 13.2. The first-order valence-electron chi connectivity index (χ1n) is 11.1. The number of rotatable bonds is 4. The van der Waals surface area contributed by atoms with Crippen LogP contribution in [-0.2, 0) is 24.3 Å².